The van der Waals surface area contributed by atoms with E-state index >= 15 is 0 Å². The second-order valence-electron chi connectivity index (χ2n) is 4.81. The van der Waals surface area contributed by atoms with E-state index < -0.39 is 0 Å². The van der Waals surface area contributed by atoms with E-state index in [0.29, 0.717) is 29.7 Å². The molecule has 0 saturated carbocycles. The van der Waals surface area contributed by atoms with Crippen molar-refractivity contribution in [2.75, 3.05) is 7.11 Å². The number of hydrogen-bond acceptors (Lipinski definition) is 4. The van der Waals surface area contributed by atoms with Crippen LogP contribution in [0.1, 0.15) is 37.6 Å². The van der Waals surface area contributed by atoms with Crippen LogP contribution in [0.2, 0.25) is 0 Å². The zero-order chi connectivity index (χ0) is 15.2. The minimum Gasteiger partial charge on any atom is -0.493 e. The number of nitrogens with zero attached hydrogens (tertiary/aromatic N) is 3. The number of aromatic nitrogens is 2. The smallest absolute Gasteiger partial charge is 0.162 e. The number of methoxy groups -OCH3 is 1. The predicted molar refractivity (Wildman–Crippen MR) is 79.3 cm³/mol. The fraction of sp³-hybridized carbons (Fsp3) is 0.375. The van der Waals surface area contributed by atoms with Crippen LogP contribution in [-0.2, 0) is 6.61 Å². The maximum atomic E-state index is 8.88. The standard InChI is InChI=1S/C16H19N3O2/c1-4-12(2)19-8-7-14(18-19)11-21-15-6-5-13(10-17)9-16(15)20-3/h5-9,12H,4,11H2,1-3H3. The Hall–Kier alpha value is -2.48. The van der Waals surface area contributed by atoms with E-state index in [2.05, 4.69) is 25.0 Å². The molecule has 1 atom stereocenters. The van der Waals surface area contributed by atoms with Crippen molar-refractivity contribution >= 4 is 0 Å². The van der Waals surface area contributed by atoms with Crippen molar-refractivity contribution in [1.29, 1.82) is 5.26 Å². The first-order valence-corrected chi connectivity index (χ1v) is 6.93. The molecule has 1 aromatic carbocycles. The van der Waals surface area contributed by atoms with Crippen molar-refractivity contribution in [2.24, 2.45) is 0 Å². The third-order valence-electron chi connectivity index (χ3n) is 3.37. The first-order chi connectivity index (χ1) is 10.2. The summed E-state index contributed by atoms with van der Waals surface area (Å²) in [7, 11) is 1.56. The van der Waals surface area contributed by atoms with E-state index in [9.17, 15) is 0 Å². The number of hydrogen-bond donors (Lipinski definition) is 0. The average Bonchev–Trinajstić information content (AvgIpc) is 3.00. The van der Waals surface area contributed by atoms with Gasteiger partial charge < -0.3 is 9.47 Å². The average molecular weight is 285 g/mol. The number of nitriles is 1. The fourth-order valence-electron chi connectivity index (χ4n) is 1.89. The summed E-state index contributed by atoms with van der Waals surface area (Å²) in [5.74, 6) is 1.16. The molecule has 0 aliphatic heterocycles. The molecule has 1 aromatic heterocycles. The van der Waals surface area contributed by atoms with Gasteiger partial charge in [-0.1, -0.05) is 6.92 Å². The van der Waals surface area contributed by atoms with Gasteiger partial charge in [0.2, 0.25) is 0 Å². The minimum atomic E-state index is 0.367. The summed E-state index contributed by atoms with van der Waals surface area (Å²) in [5, 5.41) is 13.4. The highest BCUT2D eigenvalue weighted by atomic mass is 16.5. The molecule has 5 heteroatoms. The molecule has 0 spiro atoms. The van der Waals surface area contributed by atoms with Crippen LogP contribution in [0, 0.1) is 11.3 Å². The first-order valence-electron chi connectivity index (χ1n) is 6.93. The van der Waals surface area contributed by atoms with Gasteiger partial charge in [0.15, 0.2) is 11.5 Å². The molecule has 0 bridgehead atoms. The normalized spacial score (nSPS) is 11.7. The van der Waals surface area contributed by atoms with E-state index in [-0.39, 0.29) is 0 Å². The van der Waals surface area contributed by atoms with Gasteiger partial charge in [-0.2, -0.15) is 10.4 Å². The Balaban J connectivity index is 2.06. The summed E-state index contributed by atoms with van der Waals surface area (Å²) in [6.45, 7) is 4.62. The van der Waals surface area contributed by atoms with Crippen LogP contribution in [0.25, 0.3) is 0 Å². The van der Waals surface area contributed by atoms with Crippen LogP contribution in [0.4, 0.5) is 0 Å². The van der Waals surface area contributed by atoms with E-state index in [0.717, 1.165) is 12.1 Å². The Labute approximate surface area is 124 Å². The van der Waals surface area contributed by atoms with Gasteiger partial charge in [0.1, 0.15) is 6.61 Å². The van der Waals surface area contributed by atoms with Crippen molar-refractivity contribution in [3.63, 3.8) is 0 Å². The van der Waals surface area contributed by atoms with E-state index in [1.54, 1.807) is 25.3 Å². The highest BCUT2D eigenvalue weighted by Crippen LogP contribution is 2.28. The second kappa shape index (κ2) is 6.80. The van der Waals surface area contributed by atoms with Crippen LogP contribution in [0.5, 0.6) is 11.5 Å². The van der Waals surface area contributed by atoms with Crippen molar-refractivity contribution in [3.05, 3.63) is 41.7 Å². The molecule has 5 nitrogen and oxygen atoms in total. The highest BCUT2D eigenvalue weighted by Gasteiger charge is 2.08. The highest BCUT2D eigenvalue weighted by molar-refractivity contribution is 5.46. The molecule has 0 amide bonds. The summed E-state index contributed by atoms with van der Waals surface area (Å²) in [4.78, 5) is 0. The third-order valence-corrected chi connectivity index (χ3v) is 3.37. The predicted octanol–water partition coefficient (Wildman–Crippen LogP) is 3.31. The zero-order valence-corrected chi connectivity index (χ0v) is 12.5. The zero-order valence-electron chi connectivity index (χ0n) is 12.5. The number of rotatable bonds is 6. The molecule has 2 aromatic rings. The van der Waals surface area contributed by atoms with E-state index in [1.165, 1.54) is 0 Å². The number of benzene rings is 1. The first kappa shape index (κ1) is 14.9. The lowest BCUT2D eigenvalue weighted by molar-refractivity contribution is 0.278. The summed E-state index contributed by atoms with van der Waals surface area (Å²) in [6.07, 6.45) is 2.99. The maximum absolute atomic E-state index is 8.88. The Morgan fingerprint density at radius 2 is 2.14 bits per heavy atom. The van der Waals surface area contributed by atoms with Crippen LogP contribution < -0.4 is 9.47 Å². The minimum absolute atomic E-state index is 0.367. The third kappa shape index (κ3) is 3.54. The molecular formula is C16H19N3O2. The second-order valence-corrected chi connectivity index (χ2v) is 4.81. The van der Waals surface area contributed by atoms with Gasteiger partial charge in [0, 0.05) is 18.3 Å². The molecule has 0 aliphatic rings. The molecule has 0 fully saturated rings. The van der Waals surface area contributed by atoms with E-state index in [1.807, 2.05) is 16.9 Å². The lowest BCUT2D eigenvalue weighted by Gasteiger charge is -2.10. The summed E-state index contributed by atoms with van der Waals surface area (Å²) in [5.41, 5.74) is 1.40. The summed E-state index contributed by atoms with van der Waals surface area (Å²) >= 11 is 0. The van der Waals surface area contributed by atoms with Gasteiger partial charge in [-0.3, -0.25) is 4.68 Å². The van der Waals surface area contributed by atoms with Gasteiger partial charge in [0.05, 0.1) is 24.4 Å². The quantitative estimate of drug-likeness (QED) is 0.817. The number of ether oxygens (including phenoxy) is 2. The Kier molecular flexibility index (Phi) is 4.83. The molecule has 110 valence electrons. The SMILES string of the molecule is CCC(C)n1ccc(COc2ccc(C#N)cc2OC)n1. The summed E-state index contributed by atoms with van der Waals surface area (Å²) < 4.78 is 12.9. The van der Waals surface area contributed by atoms with Gasteiger partial charge in [-0.15, -0.1) is 0 Å². The van der Waals surface area contributed by atoms with Crippen molar-refractivity contribution in [1.82, 2.24) is 9.78 Å². The molecule has 2 rings (SSSR count). The van der Waals surface area contributed by atoms with Crippen molar-refractivity contribution < 1.29 is 9.47 Å². The van der Waals surface area contributed by atoms with Gasteiger partial charge in [0.25, 0.3) is 0 Å². The molecule has 21 heavy (non-hydrogen) atoms. The molecule has 0 N–H and O–H groups in total. The van der Waals surface area contributed by atoms with Crippen LogP contribution in [-0.4, -0.2) is 16.9 Å². The van der Waals surface area contributed by atoms with Crippen LogP contribution in [0.3, 0.4) is 0 Å². The molecular weight excluding hydrogens is 266 g/mol. The summed E-state index contributed by atoms with van der Waals surface area (Å²) in [6, 6.07) is 9.50. The van der Waals surface area contributed by atoms with Crippen LogP contribution >= 0.6 is 0 Å². The Morgan fingerprint density at radius 3 is 2.81 bits per heavy atom. The largest absolute Gasteiger partial charge is 0.493 e. The molecule has 0 radical (unpaired) electrons. The monoisotopic (exact) mass is 285 g/mol. The topological polar surface area (TPSA) is 60.1 Å². The van der Waals surface area contributed by atoms with Crippen molar-refractivity contribution in [2.45, 2.75) is 32.9 Å². The van der Waals surface area contributed by atoms with E-state index in [4.69, 9.17) is 14.7 Å². The lowest BCUT2D eigenvalue weighted by atomic mass is 10.2. The molecule has 1 heterocycles. The van der Waals surface area contributed by atoms with Gasteiger partial charge in [-0.05, 0) is 31.5 Å². The maximum Gasteiger partial charge on any atom is 0.162 e. The van der Waals surface area contributed by atoms with Crippen molar-refractivity contribution in [3.8, 4) is 17.6 Å². The van der Waals surface area contributed by atoms with Gasteiger partial charge >= 0.3 is 0 Å². The Bertz CT molecular complexity index is 643. The molecule has 1 unspecified atom stereocenters. The Morgan fingerprint density at radius 1 is 1.33 bits per heavy atom. The lowest BCUT2D eigenvalue weighted by Crippen LogP contribution is -2.06. The fourth-order valence-corrected chi connectivity index (χ4v) is 1.89. The molecule has 0 saturated heterocycles. The molecule has 0 aliphatic carbocycles. The van der Waals surface area contributed by atoms with Crippen LogP contribution in [0.15, 0.2) is 30.5 Å². The van der Waals surface area contributed by atoms with Gasteiger partial charge in [-0.25, -0.2) is 0 Å².